The second-order valence-corrected chi connectivity index (χ2v) is 8.42. The van der Waals surface area contributed by atoms with E-state index in [0.29, 0.717) is 35.9 Å². The molecule has 9 heteroatoms. The van der Waals surface area contributed by atoms with Crippen LogP contribution in [0.1, 0.15) is 22.5 Å². The molecule has 2 aromatic carbocycles. The molecule has 5 nitrogen and oxygen atoms in total. The number of nitrogens with zero attached hydrogens (tertiary/aromatic N) is 4. The zero-order valence-electron chi connectivity index (χ0n) is 17.6. The van der Waals surface area contributed by atoms with Gasteiger partial charge in [0.2, 0.25) is 0 Å². The van der Waals surface area contributed by atoms with E-state index in [4.69, 9.17) is 11.6 Å². The van der Waals surface area contributed by atoms with E-state index in [0.717, 1.165) is 12.5 Å². The van der Waals surface area contributed by atoms with Gasteiger partial charge in [-0.25, -0.2) is 4.68 Å². The maximum absolute atomic E-state index is 13.4. The highest BCUT2D eigenvalue weighted by Crippen LogP contribution is 2.34. The highest BCUT2D eigenvalue weighted by atomic mass is 35.5. The van der Waals surface area contributed by atoms with E-state index in [9.17, 15) is 18.0 Å². The van der Waals surface area contributed by atoms with Gasteiger partial charge < -0.3 is 9.80 Å². The molecule has 3 aromatic rings. The first-order valence-corrected chi connectivity index (χ1v) is 10.5. The van der Waals surface area contributed by atoms with E-state index in [1.54, 1.807) is 53.4 Å². The predicted molar refractivity (Wildman–Crippen MR) is 117 cm³/mol. The van der Waals surface area contributed by atoms with Crippen molar-refractivity contribution < 1.29 is 18.0 Å². The molecular weight excluding hydrogens is 441 g/mol. The Morgan fingerprint density at radius 2 is 1.81 bits per heavy atom. The molecule has 0 radical (unpaired) electrons. The van der Waals surface area contributed by atoms with Gasteiger partial charge in [-0.15, -0.1) is 0 Å². The zero-order chi connectivity index (χ0) is 23.0. The molecule has 4 rings (SSSR count). The molecule has 0 bridgehead atoms. The Hall–Kier alpha value is -2.84. The Morgan fingerprint density at radius 1 is 1.12 bits per heavy atom. The van der Waals surface area contributed by atoms with Gasteiger partial charge in [0.1, 0.15) is 0 Å². The first-order chi connectivity index (χ1) is 15.1. The number of likely N-dealkylation sites (N-methyl/N-ethyl adjacent to an activating group) is 1. The molecule has 1 saturated heterocycles. The van der Waals surface area contributed by atoms with Crippen molar-refractivity contribution in [2.24, 2.45) is 0 Å². The summed E-state index contributed by atoms with van der Waals surface area (Å²) < 4.78 is 41.3. The van der Waals surface area contributed by atoms with E-state index in [-0.39, 0.29) is 16.6 Å². The van der Waals surface area contributed by atoms with Crippen LogP contribution in [-0.4, -0.2) is 58.7 Å². The molecule has 168 valence electrons. The van der Waals surface area contributed by atoms with Gasteiger partial charge in [0.05, 0.1) is 16.4 Å². The quantitative estimate of drug-likeness (QED) is 0.548. The van der Waals surface area contributed by atoms with Gasteiger partial charge in [0.25, 0.3) is 5.91 Å². The van der Waals surface area contributed by atoms with Crippen molar-refractivity contribution in [3.63, 3.8) is 0 Å². The molecule has 0 aliphatic carbocycles. The average molecular weight is 463 g/mol. The second kappa shape index (κ2) is 8.60. The third-order valence-electron chi connectivity index (χ3n) is 5.69. The predicted octanol–water partition coefficient (Wildman–Crippen LogP) is 4.99. The summed E-state index contributed by atoms with van der Waals surface area (Å²) in [5.74, 6) is -0.0866. The van der Waals surface area contributed by atoms with Crippen molar-refractivity contribution in [2.75, 3.05) is 27.2 Å². The molecule has 0 N–H and O–H groups in total. The minimum atomic E-state index is -4.60. The zero-order valence-corrected chi connectivity index (χ0v) is 18.4. The molecule has 1 aromatic heterocycles. The standard InChI is InChI=1S/C23H22ClF3N4O/c1-29(2)17-11-12-30(14-17)22(32)16-9-7-15(8-10-16)20-13-21(23(25,26)27)28-31(20)19-6-4-3-5-18(19)24/h3-10,13,17H,11-12,14H2,1-2H3/t17-/m1/s1. The second-order valence-electron chi connectivity index (χ2n) is 8.01. The fourth-order valence-corrected chi connectivity index (χ4v) is 4.06. The number of carbonyl (C=O) groups excluding carboxylic acids is 1. The number of benzene rings is 2. The van der Waals surface area contributed by atoms with Crippen LogP contribution in [0.15, 0.2) is 54.6 Å². The van der Waals surface area contributed by atoms with Gasteiger partial charge in [-0.1, -0.05) is 35.9 Å². The van der Waals surface area contributed by atoms with Gasteiger partial charge in [0, 0.05) is 30.3 Å². The third-order valence-corrected chi connectivity index (χ3v) is 6.01. The molecule has 32 heavy (non-hydrogen) atoms. The van der Waals surface area contributed by atoms with Gasteiger partial charge in [-0.3, -0.25) is 4.79 Å². The van der Waals surface area contributed by atoms with Crippen LogP contribution in [0, 0.1) is 0 Å². The maximum Gasteiger partial charge on any atom is 0.435 e. The van der Waals surface area contributed by atoms with Crippen molar-refractivity contribution in [1.82, 2.24) is 19.6 Å². The Kier molecular flexibility index (Phi) is 6.01. The van der Waals surface area contributed by atoms with Crippen LogP contribution in [-0.2, 0) is 6.18 Å². The number of para-hydroxylation sites is 1. The van der Waals surface area contributed by atoms with E-state index in [2.05, 4.69) is 10.00 Å². The summed E-state index contributed by atoms with van der Waals surface area (Å²) in [6, 6.07) is 14.4. The summed E-state index contributed by atoms with van der Waals surface area (Å²) in [7, 11) is 3.98. The van der Waals surface area contributed by atoms with Crippen molar-refractivity contribution in [3.8, 4) is 16.9 Å². The minimum Gasteiger partial charge on any atom is -0.337 e. The lowest BCUT2D eigenvalue weighted by atomic mass is 10.1. The largest absolute Gasteiger partial charge is 0.435 e. The van der Waals surface area contributed by atoms with E-state index < -0.39 is 11.9 Å². The van der Waals surface area contributed by atoms with Crippen LogP contribution >= 0.6 is 11.6 Å². The number of aromatic nitrogens is 2. The fourth-order valence-electron chi connectivity index (χ4n) is 3.85. The van der Waals surface area contributed by atoms with Crippen LogP contribution < -0.4 is 0 Å². The van der Waals surface area contributed by atoms with Crippen LogP contribution in [0.25, 0.3) is 16.9 Å². The van der Waals surface area contributed by atoms with E-state index in [1.165, 1.54) is 4.68 Å². The van der Waals surface area contributed by atoms with E-state index >= 15 is 0 Å². The lowest BCUT2D eigenvalue weighted by Crippen LogP contribution is -2.34. The number of halogens is 4. The van der Waals surface area contributed by atoms with Gasteiger partial charge in [-0.05, 0) is 50.8 Å². The number of rotatable bonds is 4. The van der Waals surface area contributed by atoms with Crippen molar-refractivity contribution in [1.29, 1.82) is 0 Å². The average Bonchev–Trinajstić information content (AvgIpc) is 3.41. The smallest absolute Gasteiger partial charge is 0.337 e. The molecule has 1 atom stereocenters. The van der Waals surface area contributed by atoms with Crippen LogP contribution in [0.4, 0.5) is 13.2 Å². The molecule has 0 spiro atoms. The normalized spacial score (nSPS) is 16.7. The molecule has 1 aliphatic heterocycles. The highest BCUT2D eigenvalue weighted by molar-refractivity contribution is 6.32. The van der Waals surface area contributed by atoms with Crippen molar-refractivity contribution >= 4 is 17.5 Å². The van der Waals surface area contributed by atoms with Gasteiger partial charge in [0.15, 0.2) is 5.69 Å². The first kappa shape index (κ1) is 22.4. The summed E-state index contributed by atoms with van der Waals surface area (Å²) in [4.78, 5) is 16.8. The number of likely N-dealkylation sites (tertiary alicyclic amines) is 1. The summed E-state index contributed by atoms with van der Waals surface area (Å²) in [5.41, 5.74) is 0.550. The number of hydrogen-bond donors (Lipinski definition) is 0. The number of amides is 1. The lowest BCUT2D eigenvalue weighted by molar-refractivity contribution is -0.141. The highest BCUT2D eigenvalue weighted by Gasteiger charge is 2.35. The third kappa shape index (κ3) is 4.38. The lowest BCUT2D eigenvalue weighted by Gasteiger charge is -2.20. The number of alkyl halides is 3. The summed E-state index contributed by atoms with van der Waals surface area (Å²) in [6.07, 6.45) is -3.69. The Morgan fingerprint density at radius 3 is 2.41 bits per heavy atom. The maximum atomic E-state index is 13.4. The molecule has 1 fully saturated rings. The first-order valence-electron chi connectivity index (χ1n) is 10.1. The molecule has 2 heterocycles. The molecule has 1 amide bonds. The SMILES string of the molecule is CN(C)[C@@H]1CCN(C(=O)c2ccc(-c3cc(C(F)(F)F)nn3-c3ccccc3Cl)cc2)C1. The molecule has 0 unspecified atom stereocenters. The Bertz CT molecular complexity index is 1130. The summed E-state index contributed by atoms with van der Waals surface area (Å²) in [6.45, 7) is 1.33. The van der Waals surface area contributed by atoms with Crippen LogP contribution in [0.3, 0.4) is 0 Å². The number of carbonyl (C=O) groups is 1. The van der Waals surface area contributed by atoms with Crippen LogP contribution in [0.2, 0.25) is 5.02 Å². The van der Waals surface area contributed by atoms with E-state index in [1.807, 2.05) is 14.1 Å². The summed E-state index contributed by atoms with van der Waals surface area (Å²) in [5, 5.41) is 4.04. The Balaban J connectivity index is 1.66. The summed E-state index contributed by atoms with van der Waals surface area (Å²) >= 11 is 6.22. The monoisotopic (exact) mass is 462 g/mol. The van der Waals surface area contributed by atoms with Crippen molar-refractivity contribution in [3.05, 3.63) is 70.9 Å². The van der Waals surface area contributed by atoms with Crippen LogP contribution in [0.5, 0.6) is 0 Å². The van der Waals surface area contributed by atoms with Gasteiger partial charge >= 0.3 is 6.18 Å². The molecular formula is C23H22ClF3N4O. The molecule has 1 aliphatic rings. The Labute approximate surface area is 189 Å². The molecule has 0 saturated carbocycles. The topological polar surface area (TPSA) is 41.4 Å². The van der Waals surface area contributed by atoms with Gasteiger partial charge in [-0.2, -0.15) is 18.3 Å². The number of hydrogen-bond acceptors (Lipinski definition) is 3. The fraction of sp³-hybridized carbons (Fsp3) is 0.304. The van der Waals surface area contributed by atoms with Crippen molar-refractivity contribution in [2.45, 2.75) is 18.6 Å². The minimum absolute atomic E-state index is 0.0866.